The second-order valence-corrected chi connectivity index (χ2v) is 3.33. The third kappa shape index (κ3) is 6.27. The van der Waals surface area contributed by atoms with Crippen molar-refractivity contribution in [2.45, 2.75) is 6.92 Å². The van der Waals surface area contributed by atoms with Gasteiger partial charge in [0.2, 0.25) is 0 Å². The van der Waals surface area contributed by atoms with Crippen LogP contribution < -0.4 is 21.6 Å². The molecule has 0 bridgehead atoms. The highest BCUT2D eigenvalue weighted by atomic mass is 31.2. The van der Waals surface area contributed by atoms with Gasteiger partial charge in [-0.15, -0.1) is 5.09 Å². The molecule has 44 valence electrons. The van der Waals surface area contributed by atoms with Crippen molar-refractivity contribution in [1.29, 1.82) is 0 Å². The van der Waals surface area contributed by atoms with Gasteiger partial charge < -0.3 is 0 Å². The summed E-state index contributed by atoms with van der Waals surface area (Å²) in [7, 11) is -2.17. The molecule has 0 atom stereocenters. The van der Waals surface area contributed by atoms with Gasteiger partial charge in [0.25, 0.3) is 7.87 Å². The van der Waals surface area contributed by atoms with Crippen LogP contribution in [-0.2, 0) is 0 Å². The van der Waals surface area contributed by atoms with Crippen molar-refractivity contribution in [2.24, 2.45) is 16.5 Å². The standard InChI is InChI=1S/C2H12N4P/c1-2-6-7(3,4)5/h6H,2-5H2,1H3/q+1. The predicted octanol–water partition coefficient (Wildman–Crippen LogP) is -0.850. The molecule has 4 nitrogen and oxygen atoms in total. The molecule has 5 heteroatoms. The van der Waals surface area contributed by atoms with E-state index in [-0.39, 0.29) is 0 Å². The third-order valence-corrected chi connectivity index (χ3v) is 1.30. The Morgan fingerprint density at radius 2 is 1.86 bits per heavy atom. The lowest BCUT2D eigenvalue weighted by molar-refractivity contribution is 0.989. The van der Waals surface area contributed by atoms with E-state index in [1.165, 1.54) is 0 Å². The molecule has 0 aliphatic rings. The van der Waals surface area contributed by atoms with E-state index in [4.69, 9.17) is 16.5 Å². The molecule has 0 aromatic heterocycles. The summed E-state index contributed by atoms with van der Waals surface area (Å²) in [5, 5.41) is 2.73. The summed E-state index contributed by atoms with van der Waals surface area (Å²) in [4.78, 5) is 0. The van der Waals surface area contributed by atoms with Gasteiger partial charge in [-0.3, -0.25) is 0 Å². The first-order chi connectivity index (χ1) is 3.06. The van der Waals surface area contributed by atoms with Crippen LogP contribution >= 0.6 is 7.87 Å². The molecule has 0 heterocycles. The van der Waals surface area contributed by atoms with Crippen LogP contribution in [0.15, 0.2) is 0 Å². The maximum absolute atomic E-state index is 5.20. The minimum Gasteiger partial charge on any atom is -0.159 e. The fourth-order valence-electron chi connectivity index (χ4n) is 0.274. The monoisotopic (exact) mass is 123 g/mol. The van der Waals surface area contributed by atoms with E-state index in [0.717, 1.165) is 6.54 Å². The molecule has 7 heavy (non-hydrogen) atoms. The van der Waals surface area contributed by atoms with Crippen LogP contribution in [0.3, 0.4) is 0 Å². The fraction of sp³-hybridized carbons (Fsp3) is 1.00. The lowest BCUT2D eigenvalue weighted by Crippen LogP contribution is -2.34. The highest BCUT2D eigenvalue weighted by molar-refractivity contribution is 7.67. The van der Waals surface area contributed by atoms with Gasteiger partial charge >= 0.3 is 0 Å². The van der Waals surface area contributed by atoms with Gasteiger partial charge in [-0.25, -0.2) is 0 Å². The lowest BCUT2D eigenvalue weighted by atomic mass is 10.8. The second kappa shape index (κ2) is 2.55. The fourth-order valence-corrected chi connectivity index (χ4v) is 0.822. The quantitative estimate of drug-likeness (QED) is 0.360. The van der Waals surface area contributed by atoms with Crippen molar-refractivity contribution in [1.82, 2.24) is 5.09 Å². The first kappa shape index (κ1) is 7.27. The van der Waals surface area contributed by atoms with Crippen LogP contribution in [0, 0.1) is 0 Å². The Bertz CT molecular complexity index is 48.1. The molecular weight excluding hydrogens is 111 g/mol. The van der Waals surface area contributed by atoms with Gasteiger partial charge in [-0.05, 0) is 6.92 Å². The van der Waals surface area contributed by atoms with Crippen molar-refractivity contribution in [3.8, 4) is 0 Å². The van der Waals surface area contributed by atoms with Gasteiger partial charge in [0.1, 0.15) is 0 Å². The topological polar surface area (TPSA) is 90.1 Å². The normalized spacial score (nSPS) is 12.0. The molecule has 7 N–H and O–H groups in total. The van der Waals surface area contributed by atoms with Crippen molar-refractivity contribution in [3.05, 3.63) is 0 Å². The molecule has 0 saturated heterocycles. The third-order valence-electron chi connectivity index (χ3n) is 0.432. The molecule has 0 unspecified atom stereocenters. The molecule has 0 saturated carbocycles. The van der Waals surface area contributed by atoms with Gasteiger partial charge in [-0.1, -0.05) is 0 Å². The average molecular weight is 123 g/mol. The molecule has 0 aliphatic heterocycles. The van der Waals surface area contributed by atoms with E-state index in [1.807, 2.05) is 6.92 Å². The zero-order valence-electron chi connectivity index (χ0n) is 4.39. The molecule has 0 spiro atoms. The maximum Gasteiger partial charge on any atom is 0.290 e. The number of rotatable bonds is 2. The van der Waals surface area contributed by atoms with Crippen LogP contribution in [0.25, 0.3) is 0 Å². The molecule has 0 radical (unpaired) electrons. The van der Waals surface area contributed by atoms with E-state index in [2.05, 4.69) is 5.09 Å². The molecule has 0 rings (SSSR count). The first-order valence-electron chi connectivity index (χ1n) is 2.06. The first-order valence-corrected chi connectivity index (χ1v) is 4.06. The molecule has 0 amide bonds. The SMILES string of the molecule is CCN[P+](N)(N)N. The highest BCUT2D eigenvalue weighted by Gasteiger charge is 2.17. The zero-order valence-corrected chi connectivity index (χ0v) is 5.28. The van der Waals surface area contributed by atoms with E-state index in [0.29, 0.717) is 0 Å². The Morgan fingerprint density at radius 1 is 1.43 bits per heavy atom. The summed E-state index contributed by atoms with van der Waals surface area (Å²) in [5.74, 6) is 0. The van der Waals surface area contributed by atoms with Crippen LogP contribution in [0.2, 0.25) is 0 Å². The Morgan fingerprint density at radius 3 is 1.86 bits per heavy atom. The largest absolute Gasteiger partial charge is 0.290 e. The summed E-state index contributed by atoms with van der Waals surface area (Å²) in [6, 6.07) is 0. The summed E-state index contributed by atoms with van der Waals surface area (Å²) >= 11 is 0. The van der Waals surface area contributed by atoms with Crippen LogP contribution in [0.1, 0.15) is 6.92 Å². The van der Waals surface area contributed by atoms with Gasteiger partial charge in [0.15, 0.2) is 0 Å². The maximum atomic E-state index is 5.20. The molecule has 0 aromatic carbocycles. The predicted molar refractivity (Wildman–Crippen MR) is 33.2 cm³/mol. The Kier molecular flexibility index (Phi) is 2.64. The Labute approximate surface area is 44.0 Å². The van der Waals surface area contributed by atoms with Crippen molar-refractivity contribution >= 4 is 7.87 Å². The minimum absolute atomic E-state index is 0.733. The zero-order chi connectivity index (χ0) is 5.91. The number of hydrogen-bond acceptors (Lipinski definition) is 4. The molecule has 0 aromatic rings. The molecule has 0 aliphatic carbocycles. The second-order valence-electron chi connectivity index (χ2n) is 1.35. The van der Waals surface area contributed by atoms with Gasteiger partial charge in [0.05, 0.1) is 0 Å². The van der Waals surface area contributed by atoms with Crippen LogP contribution in [0.4, 0.5) is 0 Å². The summed E-state index contributed by atoms with van der Waals surface area (Å²) < 4.78 is 0. The van der Waals surface area contributed by atoms with E-state index in [9.17, 15) is 0 Å². The lowest BCUT2D eigenvalue weighted by Gasteiger charge is -2.06. The van der Waals surface area contributed by atoms with Crippen LogP contribution in [-0.4, -0.2) is 6.54 Å². The number of hydrogen-bond donors (Lipinski definition) is 4. The van der Waals surface area contributed by atoms with Crippen molar-refractivity contribution < 1.29 is 0 Å². The van der Waals surface area contributed by atoms with Crippen molar-refractivity contribution in [2.75, 3.05) is 6.54 Å². The number of nitrogens with one attached hydrogen (secondary N) is 1. The highest BCUT2D eigenvalue weighted by Crippen LogP contribution is 2.21. The van der Waals surface area contributed by atoms with E-state index < -0.39 is 7.87 Å². The minimum atomic E-state index is -2.17. The Hall–Kier alpha value is 0.270. The Balaban J connectivity index is 3.15. The summed E-state index contributed by atoms with van der Waals surface area (Å²) in [6.45, 7) is 2.64. The van der Waals surface area contributed by atoms with E-state index >= 15 is 0 Å². The smallest absolute Gasteiger partial charge is 0.159 e. The molecular formula is C2H12N4P+. The molecule has 0 fully saturated rings. The summed E-state index contributed by atoms with van der Waals surface area (Å²) in [6.07, 6.45) is 0. The summed E-state index contributed by atoms with van der Waals surface area (Å²) in [5.41, 5.74) is 15.6. The average Bonchev–Trinajstić information content (AvgIpc) is 1.30. The van der Waals surface area contributed by atoms with E-state index in [1.54, 1.807) is 0 Å². The van der Waals surface area contributed by atoms with Gasteiger partial charge in [-0.2, -0.15) is 16.5 Å². The van der Waals surface area contributed by atoms with Crippen LogP contribution in [0.5, 0.6) is 0 Å². The number of nitrogens with two attached hydrogens (primary N) is 3. The van der Waals surface area contributed by atoms with Crippen molar-refractivity contribution in [3.63, 3.8) is 0 Å². The van der Waals surface area contributed by atoms with Gasteiger partial charge in [0, 0.05) is 6.54 Å².